The lowest BCUT2D eigenvalue weighted by molar-refractivity contribution is 0.0702. The van der Waals surface area contributed by atoms with Gasteiger partial charge in [-0.25, -0.2) is 4.79 Å². The van der Waals surface area contributed by atoms with E-state index in [1.807, 2.05) is 12.1 Å². The number of hydrogen-bond donors (Lipinski definition) is 2. The largest absolute Gasteiger partial charge is 0.477 e. The molecule has 2 aromatic rings. The van der Waals surface area contributed by atoms with Gasteiger partial charge in [-0.2, -0.15) is 0 Å². The first-order valence-corrected chi connectivity index (χ1v) is 7.06. The van der Waals surface area contributed by atoms with E-state index >= 15 is 0 Å². The highest BCUT2D eigenvalue weighted by Crippen LogP contribution is 2.26. The van der Waals surface area contributed by atoms with Crippen molar-refractivity contribution >= 4 is 50.5 Å². The lowest BCUT2D eigenvalue weighted by Crippen LogP contribution is -1.97. The second-order valence-electron chi connectivity index (χ2n) is 3.55. The molecule has 0 aliphatic heterocycles. The summed E-state index contributed by atoms with van der Waals surface area (Å²) >= 11 is 10.7. The summed E-state index contributed by atoms with van der Waals surface area (Å²) in [5.74, 6) is -0.895. The monoisotopic (exact) mass is 345 g/mol. The first-order chi connectivity index (χ1) is 8.56. The van der Waals surface area contributed by atoms with Crippen LogP contribution < -0.4 is 5.32 Å². The smallest absolute Gasteiger partial charge is 0.345 e. The van der Waals surface area contributed by atoms with E-state index in [2.05, 4.69) is 21.2 Å². The minimum Gasteiger partial charge on any atom is -0.477 e. The topological polar surface area (TPSA) is 49.3 Å². The van der Waals surface area contributed by atoms with Gasteiger partial charge in [0.1, 0.15) is 4.88 Å². The van der Waals surface area contributed by atoms with Gasteiger partial charge in [-0.1, -0.05) is 27.5 Å². The highest BCUT2D eigenvalue weighted by molar-refractivity contribution is 9.10. The standard InChI is InChI=1S/C12H9BrClNO2S/c13-7-1-3-10(9(14)5-7)15-6-8-2-4-11(18-8)12(16)17/h1-5,15H,6H2,(H,16,17). The molecule has 0 spiro atoms. The molecule has 0 aliphatic rings. The quantitative estimate of drug-likeness (QED) is 0.858. The fourth-order valence-corrected chi connectivity index (χ4v) is 2.93. The predicted molar refractivity (Wildman–Crippen MR) is 77.8 cm³/mol. The molecule has 0 aliphatic carbocycles. The van der Waals surface area contributed by atoms with Crippen molar-refractivity contribution < 1.29 is 9.90 Å². The molecule has 6 heteroatoms. The molecule has 0 saturated carbocycles. The summed E-state index contributed by atoms with van der Waals surface area (Å²) in [6, 6.07) is 8.98. The van der Waals surface area contributed by atoms with Crippen LogP contribution in [0.2, 0.25) is 5.02 Å². The molecule has 1 aromatic carbocycles. The Labute approximate surface area is 122 Å². The third kappa shape index (κ3) is 3.25. The highest BCUT2D eigenvalue weighted by atomic mass is 79.9. The van der Waals surface area contributed by atoms with Gasteiger partial charge >= 0.3 is 5.97 Å². The number of carboxylic acid groups (broad SMARTS) is 1. The van der Waals surface area contributed by atoms with Crippen LogP contribution in [0.5, 0.6) is 0 Å². The summed E-state index contributed by atoms with van der Waals surface area (Å²) < 4.78 is 0.919. The summed E-state index contributed by atoms with van der Waals surface area (Å²) in [6.45, 7) is 0.555. The maximum Gasteiger partial charge on any atom is 0.345 e. The predicted octanol–water partition coefficient (Wildman–Crippen LogP) is 4.47. The summed E-state index contributed by atoms with van der Waals surface area (Å²) in [7, 11) is 0. The van der Waals surface area contributed by atoms with Crippen LogP contribution in [0, 0.1) is 0 Å². The van der Waals surface area contributed by atoms with Crippen molar-refractivity contribution in [2.75, 3.05) is 5.32 Å². The van der Waals surface area contributed by atoms with Crippen molar-refractivity contribution in [1.82, 2.24) is 0 Å². The van der Waals surface area contributed by atoms with Gasteiger partial charge in [0.25, 0.3) is 0 Å². The van der Waals surface area contributed by atoms with Crippen LogP contribution in [-0.2, 0) is 6.54 Å². The molecule has 3 nitrogen and oxygen atoms in total. The van der Waals surface area contributed by atoms with Crippen LogP contribution in [-0.4, -0.2) is 11.1 Å². The minimum atomic E-state index is -0.895. The van der Waals surface area contributed by atoms with E-state index in [1.54, 1.807) is 18.2 Å². The fraction of sp³-hybridized carbons (Fsp3) is 0.0833. The second-order valence-corrected chi connectivity index (χ2v) is 6.04. The first kappa shape index (κ1) is 13.4. The zero-order valence-corrected chi connectivity index (χ0v) is 12.3. The average molecular weight is 347 g/mol. The van der Waals surface area contributed by atoms with Crippen molar-refractivity contribution in [1.29, 1.82) is 0 Å². The van der Waals surface area contributed by atoms with E-state index in [0.717, 1.165) is 15.0 Å². The van der Waals surface area contributed by atoms with Gasteiger partial charge in [-0.15, -0.1) is 11.3 Å². The molecule has 2 N–H and O–H groups in total. The molecule has 0 amide bonds. The van der Waals surface area contributed by atoms with Crippen molar-refractivity contribution in [2.24, 2.45) is 0 Å². The van der Waals surface area contributed by atoms with Crippen molar-refractivity contribution in [2.45, 2.75) is 6.54 Å². The number of anilines is 1. The normalized spacial score (nSPS) is 10.3. The van der Waals surface area contributed by atoms with E-state index in [1.165, 1.54) is 11.3 Å². The van der Waals surface area contributed by atoms with Crippen LogP contribution in [0.15, 0.2) is 34.8 Å². The molecule has 0 fully saturated rings. The van der Waals surface area contributed by atoms with E-state index in [9.17, 15) is 4.79 Å². The number of aromatic carboxylic acids is 1. The van der Waals surface area contributed by atoms with Gasteiger partial charge in [0.15, 0.2) is 0 Å². The number of rotatable bonds is 4. The lowest BCUT2D eigenvalue weighted by atomic mass is 10.3. The van der Waals surface area contributed by atoms with Crippen LogP contribution in [0.1, 0.15) is 14.5 Å². The van der Waals surface area contributed by atoms with Crippen molar-refractivity contribution in [3.8, 4) is 0 Å². The molecular weight excluding hydrogens is 338 g/mol. The molecule has 0 bridgehead atoms. The fourth-order valence-electron chi connectivity index (χ4n) is 1.40. The molecule has 1 aromatic heterocycles. The van der Waals surface area contributed by atoms with Gasteiger partial charge in [-0.3, -0.25) is 0 Å². The van der Waals surface area contributed by atoms with E-state index in [0.29, 0.717) is 16.4 Å². The lowest BCUT2D eigenvalue weighted by Gasteiger charge is -2.07. The number of benzene rings is 1. The Kier molecular flexibility index (Phi) is 4.27. The van der Waals surface area contributed by atoms with Gasteiger partial charge < -0.3 is 10.4 Å². The van der Waals surface area contributed by atoms with E-state index in [-0.39, 0.29) is 0 Å². The molecule has 0 saturated heterocycles. The number of hydrogen-bond acceptors (Lipinski definition) is 3. The molecule has 0 atom stereocenters. The number of nitrogens with one attached hydrogen (secondary N) is 1. The molecule has 2 rings (SSSR count). The summed E-state index contributed by atoms with van der Waals surface area (Å²) in [6.07, 6.45) is 0. The maximum absolute atomic E-state index is 10.7. The van der Waals surface area contributed by atoms with Gasteiger partial charge in [-0.05, 0) is 30.3 Å². The average Bonchev–Trinajstić information content (AvgIpc) is 2.76. The Bertz CT molecular complexity index is 585. The Morgan fingerprint density at radius 3 is 2.78 bits per heavy atom. The van der Waals surface area contributed by atoms with Crippen LogP contribution in [0.25, 0.3) is 0 Å². The molecule has 0 radical (unpaired) electrons. The molecule has 0 unspecified atom stereocenters. The third-order valence-corrected chi connectivity index (χ3v) is 4.14. The van der Waals surface area contributed by atoms with E-state index < -0.39 is 5.97 Å². The Hall–Kier alpha value is -1.04. The molecular formula is C12H9BrClNO2S. The molecule has 1 heterocycles. The summed E-state index contributed by atoms with van der Waals surface area (Å²) in [5.41, 5.74) is 0.824. The number of halogens is 2. The Balaban J connectivity index is 2.04. The number of thiophene rings is 1. The molecule has 18 heavy (non-hydrogen) atoms. The van der Waals surface area contributed by atoms with Crippen LogP contribution in [0.3, 0.4) is 0 Å². The zero-order chi connectivity index (χ0) is 13.1. The van der Waals surface area contributed by atoms with Gasteiger partial charge in [0.05, 0.1) is 10.7 Å². The van der Waals surface area contributed by atoms with Gasteiger partial charge in [0, 0.05) is 15.9 Å². The third-order valence-electron chi connectivity index (χ3n) is 2.26. The van der Waals surface area contributed by atoms with Crippen molar-refractivity contribution in [3.63, 3.8) is 0 Å². The summed E-state index contributed by atoms with van der Waals surface area (Å²) in [5, 5.41) is 12.6. The zero-order valence-electron chi connectivity index (χ0n) is 9.11. The Morgan fingerprint density at radius 2 is 2.17 bits per heavy atom. The van der Waals surface area contributed by atoms with E-state index in [4.69, 9.17) is 16.7 Å². The Morgan fingerprint density at radius 1 is 1.39 bits per heavy atom. The second kappa shape index (κ2) is 5.73. The molecule has 94 valence electrons. The minimum absolute atomic E-state index is 0.341. The highest BCUT2D eigenvalue weighted by Gasteiger charge is 2.07. The van der Waals surface area contributed by atoms with Gasteiger partial charge in [0.2, 0.25) is 0 Å². The van der Waals surface area contributed by atoms with Crippen LogP contribution >= 0.6 is 38.9 Å². The SMILES string of the molecule is O=C(O)c1ccc(CNc2ccc(Br)cc2Cl)s1. The number of carbonyl (C=O) groups is 1. The summed E-state index contributed by atoms with van der Waals surface area (Å²) in [4.78, 5) is 12.0. The maximum atomic E-state index is 10.7. The van der Waals surface area contributed by atoms with Crippen LogP contribution in [0.4, 0.5) is 5.69 Å². The van der Waals surface area contributed by atoms with Crippen molar-refractivity contribution in [3.05, 3.63) is 49.6 Å². The first-order valence-electron chi connectivity index (χ1n) is 5.07. The number of carboxylic acids is 1.